The second-order valence-corrected chi connectivity index (χ2v) is 2.83. The SMILES string of the molecule is COC(O)COC(COC(C)OC)OC. The zero-order chi connectivity index (χ0) is 11.7. The molecule has 0 fully saturated rings. The van der Waals surface area contributed by atoms with E-state index in [4.69, 9.17) is 24.1 Å². The van der Waals surface area contributed by atoms with Gasteiger partial charge in [0.05, 0.1) is 0 Å². The first-order chi connectivity index (χ1) is 7.13. The molecule has 1 N–H and O–H groups in total. The predicted molar refractivity (Wildman–Crippen MR) is 52.2 cm³/mol. The van der Waals surface area contributed by atoms with Crippen LogP contribution in [0.2, 0.25) is 0 Å². The lowest BCUT2D eigenvalue weighted by molar-refractivity contribution is -0.224. The first kappa shape index (κ1) is 14.8. The maximum Gasteiger partial charge on any atom is 0.180 e. The van der Waals surface area contributed by atoms with E-state index in [1.165, 1.54) is 14.2 Å². The number of aliphatic hydroxyl groups is 1. The molecule has 0 radical (unpaired) electrons. The summed E-state index contributed by atoms with van der Waals surface area (Å²) in [5.41, 5.74) is 0. The first-order valence-electron chi connectivity index (χ1n) is 4.63. The van der Waals surface area contributed by atoms with Crippen LogP contribution < -0.4 is 0 Å². The van der Waals surface area contributed by atoms with Crippen LogP contribution in [-0.2, 0) is 23.7 Å². The van der Waals surface area contributed by atoms with Crippen molar-refractivity contribution in [3.05, 3.63) is 0 Å². The Morgan fingerprint density at radius 2 is 1.60 bits per heavy atom. The Labute approximate surface area is 90.0 Å². The van der Waals surface area contributed by atoms with E-state index in [0.717, 1.165) is 0 Å². The van der Waals surface area contributed by atoms with Crippen LogP contribution >= 0.6 is 0 Å². The van der Waals surface area contributed by atoms with E-state index >= 15 is 0 Å². The Bertz CT molecular complexity index is 129. The Morgan fingerprint density at radius 3 is 2.07 bits per heavy atom. The molecule has 6 nitrogen and oxygen atoms in total. The average Bonchev–Trinajstić information content (AvgIpc) is 2.28. The maximum atomic E-state index is 9.06. The minimum atomic E-state index is -0.956. The van der Waals surface area contributed by atoms with Gasteiger partial charge >= 0.3 is 0 Å². The molecule has 0 amide bonds. The third kappa shape index (κ3) is 7.66. The number of ether oxygens (including phenoxy) is 5. The topological polar surface area (TPSA) is 66.4 Å². The molecule has 6 heteroatoms. The largest absolute Gasteiger partial charge is 0.366 e. The lowest BCUT2D eigenvalue weighted by Crippen LogP contribution is -2.29. The van der Waals surface area contributed by atoms with Crippen molar-refractivity contribution in [1.82, 2.24) is 0 Å². The highest BCUT2D eigenvalue weighted by molar-refractivity contribution is 4.44. The van der Waals surface area contributed by atoms with Gasteiger partial charge in [-0.2, -0.15) is 0 Å². The van der Waals surface area contributed by atoms with Gasteiger partial charge in [0.1, 0.15) is 13.2 Å². The second kappa shape index (κ2) is 9.02. The molecule has 0 heterocycles. The summed E-state index contributed by atoms with van der Waals surface area (Å²) in [6.45, 7) is 2.01. The fraction of sp³-hybridized carbons (Fsp3) is 1.00. The number of rotatable bonds is 9. The molecule has 0 aliphatic rings. The minimum absolute atomic E-state index is 0.0275. The molecule has 0 aromatic carbocycles. The summed E-state index contributed by atoms with van der Waals surface area (Å²) in [6.07, 6.45) is -1.83. The van der Waals surface area contributed by atoms with E-state index in [2.05, 4.69) is 4.74 Å². The molecule has 3 atom stereocenters. The number of aliphatic hydroxyl groups excluding tert-OH is 1. The minimum Gasteiger partial charge on any atom is -0.366 e. The van der Waals surface area contributed by atoms with Crippen molar-refractivity contribution in [3.63, 3.8) is 0 Å². The van der Waals surface area contributed by atoms with Crippen molar-refractivity contribution >= 4 is 0 Å². The highest BCUT2D eigenvalue weighted by atomic mass is 16.7. The van der Waals surface area contributed by atoms with Crippen LogP contribution in [0.1, 0.15) is 6.92 Å². The molecule has 0 bridgehead atoms. The Balaban J connectivity index is 3.63. The number of methoxy groups -OCH3 is 3. The van der Waals surface area contributed by atoms with Gasteiger partial charge in [-0.15, -0.1) is 0 Å². The third-order valence-corrected chi connectivity index (χ3v) is 1.76. The molecule has 0 aromatic heterocycles. The average molecular weight is 224 g/mol. The highest BCUT2D eigenvalue weighted by Crippen LogP contribution is 2.00. The second-order valence-electron chi connectivity index (χ2n) is 2.83. The van der Waals surface area contributed by atoms with E-state index in [1.54, 1.807) is 14.0 Å². The summed E-state index contributed by atoms with van der Waals surface area (Å²) in [6, 6.07) is 0. The fourth-order valence-electron chi connectivity index (χ4n) is 0.724. The normalized spacial score (nSPS) is 17.4. The van der Waals surface area contributed by atoms with Gasteiger partial charge in [-0.05, 0) is 6.92 Å². The molecular formula is C9H20O6. The van der Waals surface area contributed by atoms with E-state index in [0.29, 0.717) is 0 Å². The molecule has 0 spiro atoms. The third-order valence-electron chi connectivity index (χ3n) is 1.76. The molecule has 92 valence electrons. The molecular weight excluding hydrogens is 204 g/mol. The van der Waals surface area contributed by atoms with Gasteiger partial charge in [-0.25, -0.2) is 0 Å². The zero-order valence-electron chi connectivity index (χ0n) is 9.63. The van der Waals surface area contributed by atoms with Crippen LogP contribution in [0.25, 0.3) is 0 Å². The zero-order valence-corrected chi connectivity index (χ0v) is 9.63. The monoisotopic (exact) mass is 224 g/mol. The van der Waals surface area contributed by atoms with Gasteiger partial charge in [0.2, 0.25) is 0 Å². The van der Waals surface area contributed by atoms with Gasteiger partial charge in [0.15, 0.2) is 18.9 Å². The Morgan fingerprint density at radius 1 is 0.933 bits per heavy atom. The Kier molecular flexibility index (Phi) is 8.88. The lowest BCUT2D eigenvalue weighted by Gasteiger charge is -2.19. The van der Waals surface area contributed by atoms with Crippen molar-refractivity contribution in [1.29, 1.82) is 0 Å². The maximum absolute atomic E-state index is 9.06. The van der Waals surface area contributed by atoms with Crippen LogP contribution in [0, 0.1) is 0 Å². The molecule has 0 rings (SSSR count). The molecule has 0 aromatic rings. The van der Waals surface area contributed by atoms with Crippen LogP contribution in [0.5, 0.6) is 0 Å². The van der Waals surface area contributed by atoms with E-state index in [1.807, 2.05) is 0 Å². The standard InChI is InChI=1S/C9H20O6/c1-7(11-2)14-6-9(13-4)15-5-8(10)12-3/h7-10H,5-6H2,1-4H3. The van der Waals surface area contributed by atoms with E-state index in [9.17, 15) is 0 Å². The van der Waals surface area contributed by atoms with Crippen molar-refractivity contribution in [3.8, 4) is 0 Å². The smallest absolute Gasteiger partial charge is 0.180 e. The van der Waals surface area contributed by atoms with Crippen molar-refractivity contribution in [2.24, 2.45) is 0 Å². The summed E-state index contributed by atoms with van der Waals surface area (Å²) in [4.78, 5) is 0. The molecule has 3 unspecified atom stereocenters. The number of hydrogen-bond acceptors (Lipinski definition) is 6. The van der Waals surface area contributed by atoms with Crippen LogP contribution in [0.15, 0.2) is 0 Å². The van der Waals surface area contributed by atoms with Crippen molar-refractivity contribution < 1.29 is 28.8 Å². The number of hydrogen-bond donors (Lipinski definition) is 1. The van der Waals surface area contributed by atoms with Crippen molar-refractivity contribution in [2.75, 3.05) is 34.5 Å². The first-order valence-corrected chi connectivity index (χ1v) is 4.63. The summed E-state index contributed by atoms with van der Waals surface area (Å²) in [5, 5.41) is 9.06. The van der Waals surface area contributed by atoms with Gasteiger partial charge in [0, 0.05) is 21.3 Å². The predicted octanol–water partition coefficient (Wildman–Crippen LogP) is -0.0507. The van der Waals surface area contributed by atoms with E-state index in [-0.39, 0.29) is 19.5 Å². The summed E-state index contributed by atoms with van der Waals surface area (Å²) < 4.78 is 24.8. The lowest BCUT2D eigenvalue weighted by atomic mass is 10.6. The molecule has 0 aliphatic carbocycles. The quantitative estimate of drug-likeness (QED) is 0.554. The van der Waals surface area contributed by atoms with Crippen LogP contribution in [0.3, 0.4) is 0 Å². The molecule has 0 saturated heterocycles. The van der Waals surface area contributed by atoms with Crippen molar-refractivity contribution in [2.45, 2.75) is 25.8 Å². The molecule has 0 saturated carbocycles. The molecule has 0 aliphatic heterocycles. The van der Waals surface area contributed by atoms with Gasteiger partial charge in [-0.1, -0.05) is 0 Å². The fourth-order valence-corrected chi connectivity index (χ4v) is 0.724. The Hall–Kier alpha value is -0.240. The molecule has 15 heavy (non-hydrogen) atoms. The van der Waals surface area contributed by atoms with Gasteiger partial charge < -0.3 is 28.8 Å². The van der Waals surface area contributed by atoms with E-state index < -0.39 is 12.6 Å². The summed E-state index contributed by atoms with van der Waals surface area (Å²) in [5.74, 6) is 0. The van der Waals surface area contributed by atoms with Gasteiger partial charge in [0.25, 0.3) is 0 Å². The highest BCUT2D eigenvalue weighted by Gasteiger charge is 2.12. The van der Waals surface area contributed by atoms with Crippen LogP contribution in [0.4, 0.5) is 0 Å². The van der Waals surface area contributed by atoms with Gasteiger partial charge in [-0.3, -0.25) is 0 Å². The summed E-state index contributed by atoms with van der Waals surface area (Å²) in [7, 11) is 4.42. The summed E-state index contributed by atoms with van der Waals surface area (Å²) >= 11 is 0. The van der Waals surface area contributed by atoms with Crippen LogP contribution in [-0.4, -0.2) is 58.5 Å².